The topological polar surface area (TPSA) is 83.2 Å². The molecule has 0 bridgehead atoms. The second-order valence-corrected chi connectivity index (χ2v) is 9.63. The molecule has 1 heterocycles. The minimum atomic E-state index is -0.297. The average Bonchev–Trinajstić information content (AvgIpc) is 3.38. The lowest BCUT2D eigenvalue weighted by atomic mass is 10.0. The average molecular weight is 559 g/mol. The third-order valence-corrected chi connectivity index (χ3v) is 6.57. The molecule has 0 aliphatic carbocycles. The lowest BCUT2D eigenvalue weighted by Gasteiger charge is -2.09. The van der Waals surface area contributed by atoms with Gasteiger partial charge in [-0.15, -0.1) is 0 Å². The van der Waals surface area contributed by atoms with E-state index in [0.29, 0.717) is 31.1 Å². The summed E-state index contributed by atoms with van der Waals surface area (Å²) in [7, 11) is 1.40. The number of hydrogen-bond acceptors (Lipinski definition) is 7. The summed E-state index contributed by atoms with van der Waals surface area (Å²) in [6.45, 7) is 2.46. The summed E-state index contributed by atoms with van der Waals surface area (Å²) in [6.07, 6.45) is 4.65. The van der Waals surface area contributed by atoms with Gasteiger partial charge in [-0.1, -0.05) is 60.5 Å². The van der Waals surface area contributed by atoms with E-state index in [1.807, 2.05) is 61.5 Å². The van der Waals surface area contributed by atoms with E-state index in [4.69, 9.17) is 14.0 Å². The zero-order valence-corrected chi connectivity index (χ0v) is 23.5. The van der Waals surface area contributed by atoms with Crippen LogP contribution in [0.1, 0.15) is 61.1 Å². The number of carbonyl (C=O) groups excluding carboxylic acids is 1. The van der Waals surface area contributed by atoms with E-state index in [9.17, 15) is 9.18 Å². The second-order valence-electron chi connectivity index (χ2n) is 9.63. The molecular formula is C33H35FN2O5. The molecule has 0 amide bonds. The van der Waals surface area contributed by atoms with E-state index in [0.717, 1.165) is 59.5 Å². The maximum absolute atomic E-state index is 13.5. The summed E-state index contributed by atoms with van der Waals surface area (Å²) >= 11 is 0. The Hall–Kier alpha value is -4.46. The van der Waals surface area contributed by atoms with E-state index in [-0.39, 0.29) is 18.4 Å². The number of aromatic nitrogens is 1. The predicted octanol–water partition coefficient (Wildman–Crippen LogP) is 7.80. The van der Waals surface area contributed by atoms with Gasteiger partial charge < -0.3 is 18.7 Å². The number of ether oxygens (including phenoxy) is 2. The number of oxazole rings is 1. The Morgan fingerprint density at radius 3 is 2.29 bits per heavy atom. The van der Waals surface area contributed by atoms with Gasteiger partial charge >= 0.3 is 5.97 Å². The number of hydrogen-bond donors (Lipinski definition) is 0. The molecule has 1 aromatic heterocycles. The lowest BCUT2D eigenvalue weighted by Crippen LogP contribution is -2.03. The molecule has 0 aliphatic rings. The first-order valence-corrected chi connectivity index (χ1v) is 13.8. The van der Waals surface area contributed by atoms with Crippen molar-refractivity contribution >= 4 is 11.7 Å². The van der Waals surface area contributed by atoms with Crippen LogP contribution in [0.15, 0.2) is 88.4 Å². The van der Waals surface area contributed by atoms with E-state index in [2.05, 4.69) is 14.9 Å². The van der Waals surface area contributed by atoms with Gasteiger partial charge in [0.2, 0.25) is 5.89 Å². The van der Waals surface area contributed by atoms with Crippen LogP contribution in [0, 0.1) is 12.7 Å². The summed E-state index contributed by atoms with van der Waals surface area (Å²) in [6, 6.07) is 23.6. The van der Waals surface area contributed by atoms with Gasteiger partial charge in [0.1, 0.15) is 36.2 Å². The van der Waals surface area contributed by atoms with Gasteiger partial charge in [-0.05, 0) is 73.7 Å². The first-order valence-electron chi connectivity index (χ1n) is 13.8. The van der Waals surface area contributed by atoms with E-state index in [1.165, 1.54) is 19.2 Å². The summed E-state index contributed by atoms with van der Waals surface area (Å²) in [5.74, 6) is 1.53. The number of oxime groups is 1. The fourth-order valence-corrected chi connectivity index (χ4v) is 4.19. The molecule has 0 radical (unpaired) electrons. The summed E-state index contributed by atoms with van der Waals surface area (Å²) in [4.78, 5) is 21.5. The maximum atomic E-state index is 13.5. The molecule has 7 nitrogen and oxygen atoms in total. The molecule has 0 fully saturated rings. The maximum Gasteiger partial charge on any atom is 0.305 e. The first-order chi connectivity index (χ1) is 20.0. The third-order valence-electron chi connectivity index (χ3n) is 6.57. The van der Waals surface area contributed by atoms with Crippen LogP contribution >= 0.6 is 0 Å². The highest BCUT2D eigenvalue weighted by molar-refractivity contribution is 6.00. The molecule has 214 valence electrons. The standard InChI is InChI=1S/C33H35FN2O5/c1-24-31(35-33(41-24)27-10-6-5-7-11-27)23-39-29-20-14-25(15-21-29)22-40-36-30(26-16-18-28(34)19-17-26)12-8-3-4-9-13-32(37)38-2/h5-7,10-11,14-21H,3-4,8-9,12-13,22-23H2,1-2H3. The van der Waals surface area contributed by atoms with Crippen molar-refractivity contribution in [2.24, 2.45) is 5.16 Å². The number of rotatable bonds is 15. The van der Waals surface area contributed by atoms with Gasteiger partial charge in [-0.25, -0.2) is 9.37 Å². The smallest absolute Gasteiger partial charge is 0.305 e. The first kappa shape index (κ1) is 29.5. The molecular weight excluding hydrogens is 523 g/mol. The molecule has 0 saturated heterocycles. The molecule has 0 unspecified atom stereocenters. The monoisotopic (exact) mass is 558 g/mol. The van der Waals surface area contributed by atoms with Crippen molar-refractivity contribution in [1.29, 1.82) is 0 Å². The number of methoxy groups -OCH3 is 1. The number of nitrogens with zero attached hydrogens (tertiary/aromatic N) is 2. The zero-order valence-electron chi connectivity index (χ0n) is 23.5. The highest BCUT2D eigenvalue weighted by Gasteiger charge is 2.12. The van der Waals surface area contributed by atoms with E-state index < -0.39 is 0 Å². The minimum Gasteiger partial charge on any atom is -0.487 e. The van der Waals surface area contributed by atoms with Crippen molar-refractivity contribution in [3.05, 3.63) is 107 Å². The largest absolute Gasteiger partial charge is 0.487 e. The van der Waals surface area contributed by atoms with Crippen LogP contribution in [0.3, 0.4) is 0 Å². The normalized spacial score (nSPS) is 11.3. The van der Waals surface area contributed by atoms with E-state index in [1.54, 1.807) is 12.1 Å². The van der Waals surface area contributed by atoms with Crippen molar-refractivity contribution in [1.82, 2.24) is 4.98 Å². The van der Waals surface area contributed by atoms with Gasteiger partial charge in [-0.2, -0.15) is 0 Å². The van der Waals surface area contributed by atoms with Crippen LogP contribution < -0.4 is 4.74 Å². The summed E-state index contributed by atoms with van der Waals surface area (Å²) in [5, 5.41) is 4.38. The Kier molecular flexibility index (Phi) is 11.1. The van der Waals surface area contributed by atoms with Crippen LogP contribution in [-0.2, 0) is 27.6 Å². The molecule has 0 atom stereocenters. The quantitative estimate of drug-likeness (QED) is 0.0641. The number of unbranched alkanes of at least 4 members (excludes halogenated alkanes) is 3. The molecule has 3 aromatic carbocycles. The van der Waals surface area contributed by atoms with Gasteiger partial charge in [0.05, 0.1) is 12.8 Å². The number of esters is 1. The molecule has 0 spiro atoms. The van der Waals surface area contributed by atoms with Crippen molar-refractivity contribution in [2.45, 2.75) is 58.7 Å². The third kappa shape index (κ3) is 9.31. The van der Waals surface area contributed by atoms with Crippen molar-refractivity contribution < 1.29 is 27.9 Å². The SMILES string of the molecule is COC(=O)CCCCCCC(=NOCc1ccc(OCc2nc(-c3ccccc3)oc2C)cc1)c1ccc(F)cc1. The molecule has 8 heteroatoms. The Bertz CT molecular complexity index is 1400. The predicted molar refractivity (Wildman–Crippen MR) is 155 cm³/mol. The van der Waals surface area contributed by atoms with Gasteiger partial charge in [-0.3, -0.25) is 4.79 Å². The van der Waals surface area contributed by atoms with Crippen LogP contribution in [0.25, 0.3) is 11.5 Å². The van der Waals surface area contributed by atoms with Gasteiger partial charge in [0, 0.05) is 12.0 Å². The van der Waals surface area contributed by atoms with Gasteiger partial charge in [0.15, 0.2) is 0 Å². The van der Waals surface area contributed by atoms with Crippen LogP contribution in [0.2, 0.25) is 0 Å². The summed E-state index contributed by atoms with van der Waals surface area (Å²) < 4.78 is 29.9. The zero-order chi connectivity index (χ0) is 28.9. The number of carbonyl (C=O) groups is 1. The van der Waals surface area contributed by atoms with Crippen molar-refractivity contribution in [2.75, 3.05) is 7.11 Å². The Morgan fingerprint density at radius 1 is 0.878 bits per heavy atom. The van der Waals surface area contributed by atoms with Gasteiger partial charge in [0.25, 0.3) is 0 Å². The van der Waals surface area contributed by atoms with E-state index >= 15 is 0 Å². The summed E-state index contributed by atoms with van der Waals surface area (Å²) in [5.41, 5.74) is 4.19. The molecule has 0 aliphatic heterocycles. The van der Waals surface area contributed by atoms with Crippen LogP contribution in [-0.4, -0.2) is 23.8 Å². The van der Waals surface area contributed by atoms with Crippen molar-refractivity contribution in [3.8, 4) is 17.2 Å². The molecule has 4 aromatic rings. The fraction of sp³-hybridized carbons (Fsp3) is 0.303. The van der Waals surface area contributed by atoms with Crippen LogP contribution in [0.5, 0.6) is 5.75 Å². The molecule has 41 heavy (non-hydrogen) atoms. The van der Waals surface area contributed by atoms with Crippen LogP contribution in [0.4, 0.5) is 4.39 Å². The molecule has 4 rings (SSSR count). The Balaban J connectivity index is 1.28. The Labute approximate surface area is 240 Å². The number of aryl methyl sites for hydroxylation is 1. The highest BCUT2D eigenvalue weighted by Crippen LogP contribution is 2.23. The number of benzene rings is 3. The molecule has 0 N–H and O–H groups in total. The highest BCUT2D eigenvalue weighted by atomic mass is 19.1. The fourth-order valence-electron chi connectivity index (χ4n) is 4.19. The number of halogens is 1. The minimum absolute atomic E-state index is 0.186. The molecule has 0 saturated carbocycles. The lowest BCUT2D eigenvalue weighted by molar-refractivity contribution is -0.140. The Morgan fingerprint density at radius 2 is 1.59 bits per heavy atom. The van der Waals surface area contributed by atoms with Crippen molar-refractivity contribution in [3.63, 3.8) is 0 Å². The second kappa shape index (κ2) is 15.4.